The van der Waals surface area contributed by atoms with E-state index in [0.717, 1.165) is 53.6 Å². The Morgan fingerprint density at radius 1 is 1.07 bits per heavy atom. The van der Waals surface area contributed by atoms with Crippen LogP contribution >= 0.6 is 0 Å². The van der Waals surface area contributed by atoms with Crippen LogP contribution in [0.5, 0.6) is 11.5 Å². The molecular formula is C24H23N3O2. The normalized spacial score (nSPS) is 12.7. The third kappa shape index (κ3) is 3.74. The second-order valence-corrected chi connectivity index (χ2v) is 7.13. The summed E-state index contributed by atoms with van der Waals surface area (Å²) in [6.45, 7) is 0.456. The van der Waals surface area contributed by atoms with Gasteiger partial charge in [-0.2, -0.15) is 5.26 Å². The number of aromatic nitrogens is 1. The number of nitrogen functional groups attached to an aromatic ring is 1. The molecule has 0 amide bonds. The van der Waals surface area contributed by atoms with Gasteiger partial charge in [0.1, 0.15) is 24.1 Å². The van der Waals surface area contributed by atoms with Crippen molar-refractivity contribution >= 4 is 5.82 Å². The summed E-state index contributed by atoms with van der Waals surface area (Å²) in [5.41, 5.74) is 11.5. The summed E-state index contributed by atoms with van der Waals surface area (Å²) in [6, 6.07) is 18.0. The lowest BCUT2D eigenvalue weighted by atomic mass is 9.86. The molecule has 3 aromatic rings. The molecule has 0 radical (unpaired) electrons. The summed E-state index contributed by atoms with van der Waals surface area (Å²) in [6.07, 6.45) is 3.99. The SMILES string of the molecule is COc1cc(-c2c(C#N)c(N)nc3c2CCCC3)ccc1OCc1ccccc1. The Hall–Kier alpha value is -3.52. The van der Waals surface area contributed by atoms with E-state index in [1.807, 2.05) is 48.5 Å². The van der Waals surface area contributed by atoms with E-state index < -0.39 is 0 Å². The van der Waals surface area contributed by atoms with E-state index in [4.69, 9.17) is 15.2 Å². The summed E-state index contributed by atoms with van der Waals surface area (Å²) >= 11 is 0. The molecule has 5 heteroatoms. The summed E-state index contributed by atoms with van der Waals surface area (Å²) in [5.74, 6) is 1.59. The zero-order valence-electron chi connectivity index (χ0n) is 16.4. The standard InChI is InChI=1S/C24H23N3O2/c1-28-22-13-17(11-12-21(22)29-15-16-7-3-2-4-8-16)23-18-9-5-6-10-20(18)27-24(26)19(23)14-25/h2-4,7-8,11-13H,5-6,9-10,15H2,1H3,(H2,26,27). The molecule has 29 heavy (non-hydrogen) atoms. The highest BCUT2D eigenvalue weighted by atomic mass is 16.5. The number of fused-ring (bicyclic) bond motifs is 1. The van der Waals surface area contributed by atoms with Crippen molar-refractivity contribution in [2.24, 2.45) is 0 Å². The molecule has 1 aromatic heterocycles. The summed E-state index contributed by atoms with van der Waals surface area (Å²) in [7, 11) is 1.62. The molecule has 5 nitrogen and oxygen atoms in total. The third-order valence-electron chi connectivity index (χ3n) is 5.30. The van der Waals surface area contributed by atoms with Gasteiger partial charge in [-0.25, -0.2) is 4.98 Å². The summed E-state index contributed by atoms with van der Waals surface area (Å²) in [5, 5.41) is 9.73. The highest BCUT2D eigenvalue weighted by Gasteiger charge is 2.22. The first-order valence-electron chi connectivity index (χ1n) is 9.77. The minimum atomic E-state index is 0.298. The third-order valence-corrected chi connectivity index (χ3v) is 5.30. The molecule has 4 rings (SSSR count). The summed E-state index contributed by atoms with van der Waals surface area (Å²) in [4.78, 5) is 4.49. The number of hydrogen-bond donors (Lipinski definition) is 1. The Bertz CT molecular complexity index is 1070. The van der Waals surface area contributed by atoms with E-state index in [0.29, 0.717) is 29.5 Å². The maximum Gasteiger partial charge on any atom is 0.161 e. The van der Waals surface area contributed by atoms with Crippen LogP contribution < -0.4 is 15.2 Å². The average Bonchev–Trinajstić information content (AvgIpc) is 2.77. The zero-order valence-corrected chi connectivity index (χ0v) is 16.4. The van der Waals surface area contributed by atoms with Crippen molar-refractivity contribution in [1.82, 2.24) is 4.98 Å². The first-order valence-corrected chi connectivity index (χ1v) is 9.77. The number of nitriles is 1. The fourth-order valence-corrected chi connectivity index (χ4v) is 3.87. The lowest BCUT2D eigenvalue weighted by Gasteiger charge is -2.21. The number of rotatable bonds is 5. The second-order valence-electron chi connectivity index (χ2n) is 7.13. The predicted molar refractivity (Wildman–Crippen MR) is 113 cm³/mol. The van der Waals surface area contributed by atoms with Crippen LogP contribution in [0.25, 0.3) is 11.1 Å². The molecular weight excluding hydrogens is 362 g/mol. The maximum absolute atomic E-state index is 9.73. The monoisotopic (exact) mass is 385 g/mol. The van der Waals surface area contributed by atoms with E-state index in [2.05, 4.69) is 11.1 Å². The first kappa shape index (κ1) is 18.8. The number of benzene rings is 2. The molecule has 1 aliphatic carbocycles. The van der Waals surface area contributed by atoms with Crippen molar-refractivity contribution in [1.29, 1.82) is 5.26 Å². The summed E-state index contributed by atoms with van der Waals surface area (Å²) < 4.78 is 11.6. The van der Waals surface area contributed by atoms with E-state index in [1.165, 1.54) is 0 Å². The molecule has 1 aliphatic rings. The second kappa shape index (κ2) is 8.24. The van der Waals surface area contributed by atoms with Gasteiger partial charge in [0, 0.05) is 11.3 Å². The number of nitrogens with two attached hydrogens (primary N) is 1. The topological polar surface area (TPSA) is 81.2 Å². The van der Waals surface area contributed by atoms with E-state index in [9.17, 15) is 5.26 Å². The molecule has 146 valence electrons. The number of nitrogens with zero attached hydrogens (tertiary/aromatic N) is 2. The molecule has 0 bridgehead atoms. The molecule has 0 atom stereocenters. The zero-order chi connectivity index (χ0) is 20.2. The number of methoxy groups -OCH3 is 1. The maximum atomic E-state index is 9.73. The van der Waals surface area contributed by atoms with E-state index in [1.54, 1.807) is 7.11 Å². The molecule has 0 saturated carbocycles. The highest BCUT2D eigenvalue weighted by molar-refractivity contribution is 5.80. The number of hydrogen-bond acceptors (Lipinski definition) is 5. The van der Waals surface area contributed by atoms with Gasteiger partial charge in [0.15, 0.2) is 11.5 Å². The number of aryl methyl sites for hydroxylation is 1. The van der Waals surface area contributed by atoms with Crippen LogP contribution in [0.1, 0.15) is 35.2 Å². The lowest BCUT2D eigenvalue weighted by molar-refractivity contribution is 0.284. The van der Waals surface area contributed by atoms with Gasteiger partial charge in [0.25, 0.3) is 0 Å². The van der Waals surface area contributed by atoms with Crippen LogP contribution in [-0.4, -0.2) is 12.1 Å². The van der Waals surface area contributed by atoms with Gasteiger partial charge in [0.05, 0.1) is 7.11 Å². The Balaban J connectivity index is 1.73. The molecule has 0 fully saturated rings. The van der Waals surface area contributed by atoms with Crippen molar-refractivity contribution in [2.45, 2.75) is 32.3 Å². The first-order chi connectivity index (χ1) is 14.2. The van der Waals surface area contributed by atoms with Crippen molar-refractivity contribution < 1.29 is 9.47 Å². The molecule has 2 aromatic carbocycles. The largest absolute Gasteiger partial charge is 0.493 e. The molecule has 0 spiro atoms. The van der Waals surface area contributed by atoms with Crippen LogP contribution in [0, 0.1) is 11.3 Å². The molecule has 0 unspecified atom stereocenters. The fourth-order valence-electron chi connectivity index (χ4n) is 3.87. The van der Waals surface area contributed by atoms with Crippen LogP contribution in [0.2, 0.25) is 0 Å². The Labute approximate surface area is 170 Å². The predicted octanol–water partition coefficient (Wildman–Crippen LogP) is 4.67. The van der Waals surface area contributed by atoms with E-state index in [-0.39, 0.29) is 0 Å². The lowest BCUT2D eigenvalue weighted by Crippen LogP contribution is -2.12. The molecule has 0 aliphatic heterocycles. The quantitative estimate of drug-likeness (QED) is 0.690. The number of ether oxygens (including phenoxy) is 2. The van der Waals surface area contributed by atoms with Gasteiger partial charge >= 0.3 is 0 Å². The van der Waals surface area contributed by atoms with Gasteiger partial charge in [0.2, 0.25) is 0 Å². The van der Waals surface area contributed by atoms with Crippen LogP contribution in [-0.2, 0) is 19.4 Å². The average molecular weight is 385 g/mol. The molecule has 2 N–H and O–H groups in total. The molecule has 0 saturated heterocycles. The Kier molecular flexibility index (Phi) is 5.35. The van der Waals surface area contributed by atoms with Crippen LogP contribution in [0.3, 0.4) is 0 Å². The highest BCUT2D eigenvalue weighted by Crippen LogP contribution is 2.39. The van der Waals surface area contributed by atoms with Gasteiger partial charge < -0.3 is 15.2 Å². The minimum absolute atomic E-state index is 0.298. The smallest absolute Gasteiger partial charge is 0.161 e. The number of anilines is 1. The van der Waals surface area contributed by atoms with Gasteiger partial charge in [-0.3, -0.25) is 0 Å². The molecule has 1 heterocycles. The fraction of sp³-hybridized carbons (Fsp3) is 0.250. The van der Waals surface area contributed by atoms with Gasteiger partial charge in [-0.05, 0) is 54.5 Å². The van der Waals surface area contributed by atoms with Crippen molar-refractivity contribution in [2.75, 3.05) is 12.8 Å². The van der Waals surface area contributed by atoms with Gasteiger partial charge in [-0.15, -0.1) is 0 Å². The number of pyridine rings is 1. The van der Waals surface area contributed by atoms with Gasteiger partial charge in [-0.1, -0.05) is 36.4 Å². The van der Waals surface area contributed by atoms with Crippen molar-refractivity contribution in [3.8, 4) is 28.7 Å². The van der Waals surface area contributed by atoms with E-state index >= 15 is 0 Å². The van der Waals surface area contributed by atoms with Crippen LogP contribution in [0.15, 0.2) is 48.5 Å². The minimum Gasteiger partial charge on any atom is -0.493 e. The van der Waals surface area contributed by atoms with Crippen LogP contribution in [0.4, 0.5) is 5.82 Å². The van der Waals surface area contributed by atoms with Crippen molar-refractivity contribution in [3.05, 3.63) is 70.9 Å². The Morgan fingerprint density at radius 3 is 2.62 bits per heavy atom. The van der Waals surface area contributed by atoms with Crippen molar-refractivity contribution in [3.63, 3.8) is 0 Å². The Morgan fingerprint density at radius 2 is 1.86 bits per heavy atom.